The van der Waals surface area contributed by atoms with Crippen LogP contribution in [0.5, 0.6) is 0 Å². The van der Waals surface area contributed by atoms with E-state index < -0.39 is 0 Å². The largest absolute Gasteiger partial charge is 0.488 e. The van der Waals surface area contributed by atoms with E-state index in [1.54, 1.807) is 0 Å². The number of alkyl halides is 1. The highest BCUT2D eigenvalue weighted by Crippen LogP contribution is 2.15. The molecule has 0 aromatic carbocycles. The van der Waals surface area contributed by atoms with Gasteiger partial charge in [0.2, 0.25) is 0 Å². The molecule has 62 valence electrons. The van der Waals surface area contributed by atoms with E-state index in [4.69, 9.17) is 4.74 Å². The lowest BCUT2D eigenvalue weighted by atomic mass is 10.4. The molecule has 0 saturated carbocycles. The molecule has 0 radical (unpaired) electrons. The van der Waals surface area contributed by atoms with E-state index >= 15 is 0 Å². The average Bonchev–Trinajstić information content (AvgIpc) is 2.36. The van der Waals surface area contributed by atoms with Crippen molar-refractivity contribution in [2.45, 2.75) is 0 Å². The molecule has 3 heteroatoms. The van der Waals surface area contributed by atoms with Crippen molar-refractivity contribution < 1.29 is 9.13 Å². The second kappa shape index (κ2) is 3.42. The van der Waals surface area contributed by atoms with Gasteiger partial charge in [0, 0.05) is 19.7 Å². The molecule has 0 aliphatic carbocycles. The fourth-order valence-corrected chi connectivity index (χ4v) is 0.927. The highest BCUT2D eigenvalue weighted by molar-refractivity contribution is 5.20. The maximum Gasteiger partial charge on any atom is 0.128 e. The number of ether oxygens (including phenoxy) is 1. The molecule has 1 rings (SSSR count). The molecule has 11 heavy (non-hydrogen) atoms. The van der Waals surface area contributed by atoms with Crippen LogP contribution in [0.1, 0.15) is 0 Å². The van der Waals surface area contributed by atoms with Crippen LogP contribution in [0, 0.1) is 0 Å². The summed E-state index contributed by atoms with van der Waals surface area (Å²) in [6.45, 7) is 4.24. The molecule has 0 bridgehead atoms. The first-order valence-corrected chi connectivity index (χ1v) is 3.53. The number of halogens is 1. The first-order chi connectivity index (χ1) is 5.24. The van der Waals surface area contributed by atoms with Gasteiger partial charge >= 0.3 is 0 Å². The van der Waals surface area contributed by atoms with Crippen molar-refractivity contribution in [3.05, 3.63) is 24.1 Å². The number of nitrogens with zero attached hydrogens (tertiary/aromatic N) is 1. The van der Waals surface area contributed by atoms with Crippen LogP contribution in [0.25, 0.3) is 0 Å². The molecule has 2 nitrogen and oxygen atoms in total. The highest BCUT2D eigenvalue weighted by Gasteiger charge is 2.11. The number of likely N-dealkylation sites (N-methyl/N-ethyl adjacent to an activating group) is 1. The minimum atomic E-state index is -0.333. The van der Waals surface area contributed by atoms with E-state index in [0.717, 1.165) is 5.70 Å². The summed E-state index contributed by atoms with van der Waals surface area (Å²) >= 11 is 0. The van der Waals surface area contributed by atoms with Gasteiger partial charge in [-0.3, -0.25) is 0 Å². The van der Waals surface area contributed by atoms with Gasteiger partial charge in [-0.2, -0.15) is 0 Å². The zero-order valence-corrected chi connectivity index (χ0v) is 6.64. The van der Waals surface area contributed by atoms with Crippen molar-refractivity contribution in [1.29, 1.82) is 0 Å². The van der Waals surface area contributed by atoms with E-state index in [1.165, 1.54) is 0 Å². The number of hydrogen-bond donors (Lipinski definition) is 0. The van der Waals surface area contributed by atoms with Crippen LogP contribution < -0.4 is 0 Å². The van der Waals surface area contributed by atoms with Crippen molar-refractivity contribution >= 4 is 0 Å². The van der Waals surface area contributed by atoms with Crippen LogP contribution in [0.3, 0.4) is 0 Å². The SMILES string of the molecule is C=C1C=C(N(C)CCF)CO1. The lowest BCUT2D eigenvalue weighted by Gasteiger charge is -2.16. The zero-order valence-electron chi connectivity index (χ0n) is 6.64. The molecular weight excluding hydrogens is 145 g/mol. The third-order valence-electron chi connectivity index (χ3n) is 1.64. The van der Waals surface area contributed by atoms with Crippen LogP contribution in [-0.4, -0.2) is 31.8 Å². The quantitative estimate of drug-likeness (QED) is 0.612. The van der Waals surface area contributed by atoms with Crippen LogP contribution in [0.2, 0.25) is 0 Å². The van der Waals surface area contributed by atoms with Crippen molar-refractivity contribution in [3.63, 3.8) is 0 Å². The van der Waals surface area contributed by atoms with Crippen molar-refractivity contribution in [3.8, 4) is 0 Å². The molecule has 0 saturated heterocycles. The third-order valence-corrected chi connectivity index (χ3v) is 1.64. The van der Waals surface area contributed by atoms with E-state index in [1.807, 2.05) is 18.0 Å². The predicted octanol–water partition coefficient (Wildman–Crippen LogP) is 1.32. The molecule has 0 fully saturated rings. The summed E-state index contributed by atoms with van der Waals surface area (Å²) in [5.41, 5.74) is 0.993. The Labute approximate surface area is 65.9 Å². The summed E-state index contributed by atoms with van der Waals surface area (Å²) in [7, 11) is 1.84. The van der Waals surface area contributed by atoms with Crippen LogP contribution in [0.4, 0.5) is 4.39 Å². The van der Waals surface area contributed by atoms with Crippen molar-refractivity contribution in [1.82, 2.24) is 4.90 Å². The fourth-order valence-electron chi connectivity index (χ4n) is 0.927. The molecule has 1 aliphatic heterocycles. The van der Waals surface area contributed by atoms with E-state index in [9.17, 15) is 4.39 Å². The lowest BCUT2D eigenvalue weighted by molar-refractivity contribution is 0.241. The van der Waals surface area contributed by atoms with Gasteiger partial charge in [-0.15, -0.1) is 0 Å². The van der Waals surface area contributed by atoms with E-state index in [0.29, 0.717) is 18.9 Å². The van der Waals surface area contributed by atoms with Gasteiger partial charge in [0.05, 0.1) is 5.70 Å². The Morgan fingerprint density at radius 3 is 3.00 bits per heavy atom. The van der Waals surface area contributed by atoms with Crippen molar-refractivity contribution in [2.24, 2.45) is 0 Å². The zero-order chi connectivity index (χ0) is 8.27. The van der Waals surface area contributed by atoms with Gasteiger partial charge in [-0.25, -0.2) is 4.39 Å². The number of rotatable bonds is 3. The molecule has 0 spiro atoms. The van der Waals surface area contributed by atoms with Crippen LogP contribution >= 0.6 is 0 Å². The molecule has 0 atom stereocenters. The maximum atomic E-state index is 11.9. The Morgan fingerprint density at radius 2 is 2.55 bits per heavy atom. The third kappa shape index (κ3) is 1.97. The standard InChI is InChI=1S/C8H12FNO/c1-7-5-8(6-11-7)10(2)4-3-9/h5H,1,3-4,6H2,2H3. The van der Waals surface area contributed by atoms with Gasteiger partial charge in [-0.1, -0.05) is 6.58 Å². The molecule has 0 N–H and O–H groups in total. The summed E-state index contributed by atoms with van der Waals surface area (Å²) in [5.74, 6) is 0.658. The summed E-state index contributed by atoms with van der Waals surface area (Å²) in [6.07, 6.45) is 1.83. The summed E-state index contributed by atoms with van der Waals surface area (Å²) in [4.78, 5) is 1.83. The van der Waals surface area contributed by atoms with E-state index in [-0.39, 0.29) is 6.67 Å². The van der Waals surface area contributed by atoms with E-state index in [2.05, 4.69) is 6.58 Å². The maximum absolute atomic E-state index is 11.9. The van der Waals surface area contributed by atoms with Gasteiger partial charge in [0.1, 0.15) is 19.0 Å². The number of hydrogen-bond acceptors (Lipinski definition) is 2. The Morgan fingerprint density at radius 1 is 1.82 bits per heavy atom. The Balaban J connectivity index is 2.47. The highest BCUT2D eigenvalue weighted by atomic mass is 19.1. The molecule has 0 amide bonds. The smallest absolute Gasteiger partial charge is 0.128 e. The normalized spacial score (nSPS) is 16.2. The molecule has 0 aromatic heterocycles. The second-order valence-electron chi connectivity index (χ2n) is 2.50. The Hall–Kier alpha value is -0.990. The molecular formula is C8H12FNO. The molecule has 0 aromatic rings. The summed E-state index contributed by atoms with van der Waals surface area (Å²) < 4.78 is 16.9. The molecule has 1 aliphatic rings. The van der Waals surface area contributed by atoms with Gasteiger partial charge < -0.3 is 9.64 Å². The van der Waals surface area contributed by atoms with Gasteiger partial charge in [0.25, 0.3) is 0 Å². The topological polar surface area (TPSA) is 12.5 Å². The first-order valence-electron chi connectivity index (χ1n) is 3.53. The number of allylic oxidation sites excluding steroid dienone is 1. The monoisotopic (exact) mass is 157 g/mol. The lowest BCUT2D eigenvalue weighted by Crippen LogP contribution is -2.21. The first kappa shape index (κ1) is 8.11. The molecule has 1 heterocycles. The Kier molecular flexibility index (Phi) is 2.52. The predicted molar refractivity (Wildman–Crippen MR) is 41.8 cm³/mol. The molecule has 0 unspecified atom stereocenters. The van der Waals surface area contributed by atoms with Crippen LogP contribution in [0.15, 0.2) is 24.1 Å². The van der Waals surface area contributed by atoms with Crippen LogP contribution in [-0.2, 0) is 4.74 Å². The minimum absolute atomic E-state index is 0.333. The summed E-state index contributed by atoms with van der Waals surface area (Å²) in [5, 5.41) is 0. The average molecular weight is 157 g/mol. The fraction of sp³-hybridized carbons (Fsp3) is 0.500. The van der Waals surface area contributed by atoms with Gasteiger partial charge in [-0.05, 0) is 0 Å². The van der Waals surface area contributed by atoms with Crippen molar-refractivity contribution in [2.75, 3.05) is 26.9 Å². The van der Waals surface area contributed by atoms with Gasteiger partial charge in [0.15, 0.2) is 0 Å². The Bertz CT molecular complexity index is 189. The minimum Gasteiger partial charge on any atom is -0.488 e. The summed E-state index contributed by atoms with van der Waals surface area (Å²) in [6, 6.07) is 0. The second-order valence-corrected chi connectivity index (χ2v) is 2.50.